The van der Waals surface area contributed by atoms with Gasteiger partial charge in [0, 0.05) is 12.8 Å². The van der Waals surface area contributed by atoms with Crippen LogP contribution in [0.4, 0.5) is 0 Å². The largest absolute Gasteiger partial charge is 0.481 e. The highest BCUT2D eigenvalue weighted by atomic mass is 16.4. The molecule has 0 heterocycles. The molecule has 0 aromatic heterocycles. The van der Waals surface area contributed by atoms with E-state index in [2.05, 4.69) is 0 Å². The van der Waals surface area contributed by atoms with Gasteiger partial charge in [0.25, 0.3) is 0 Å². The van der Waals surface area contributed by atoms with Gasteiger partial charge in [-0.1, -0.05) is 0 Å². The van der Waals surface area contributed by atoms with Gasteiger partial charge in [0.05, 0.1) is 12.0 Å². The van der Waals surface area contributed by atoms with E-state index in [1.54, 1.807) is 0 Å². The molecule has 0 amide bonds. The topological polar surface area (TPSA) is 98.4 Å². The normalized spacial score (nSPS) is 11.6. The Morgan fingerprint density at radius 1 is 1.31 bits per heavy atom. The lowest BCUT2D eigenvalue weighted by Crippen LogP contribution is -2.15. The van der Waals surface area contributed by atoms with Crippen LogP contribution in [0.3, 0.4) is 0 Å². The number of nitriles is 1. The van der Waals surface area contributed by atoms with Crippen molar-refractivity contribution in [1.29, 1.82) is 5.26 Å². The van der Waals surface area contributed by atoms with Crippen LogP contribution in [0.25, 0.3) is 0 Å². The van der Waals surface area contributed by atoms with E-state index in [0.717, 1.165) is 0 Å². The van der Waals surface area contributed by atoms with Crippen LogP contribution in [-0.4, -0.2) is 22.2 Å². The molecule has 0 aliphatic carbocycles. The molecule has 0 radical (unpaired) electrons. The van der Waals surface area contributed by atoms with Gasteiger partial charge in [-0.15, -0.1) is 0 Å². The van der Waals surface area contributed by atoms with Crippen molar-refractivity contribution in [2.75, 3.05) is 0 Å². The predicted molar refractivity (Wildman–Crippen MR) is 42.8 cm³/mol. The molecule has 0 fully saturated rings. The van der Waals surface area contributed by atoms with E-state index in [0.29, 0.717) is 0 Å². The van der Waals surface area contributed by atoms with Gasteiger partial charge >= 0.3 is 11.9 Å². The Balaban J connectivity index is 3.89. The Hall–Kier alpha value is -1.57. The maximum Gasteiger partial charge on any atom is 0.306 e. The summed E-state index contributed by atoms with van der Waals surface area (Å²) in [6.07, 6.45) is 0.296. The number of hydrogen-bond donors (Lipinski definition) is 2. The summed E-state index contributed by atoms with van der Waals surface area (Å²) < 4.78 is 0. The lowest BCUT2D eigenvalue weighted by Gasteiger charge is -2.07. The van der Waals surface area contributed by atoms with Crippen molar-refractivity contribution in [3.05, 3.63) is 0 Å². The molecular weight excluding hydrogens is 174 g/mol. The van der Waals surface area contributed by atoms with Crippen LogP contribution in [0.5, 0.6) is 0 Å². The standard InChI is InChI=1S/C8H11NO4/c9-5-1-2-6(8(12)13)3-4-7(10)11/h6H,1-4H2,(H,10,11)(H,12,13). The van der Waals surface area contributed by atoms with Gasteiger partial charge in [0.1, 0.15) is 0 Å². The maximum absolute atomic E-state index is 10.5. The highest BCUT2D eigenvalue weighted by Crippen LogP contribution is 2.13. The van der Waals surface area contributed by atoms with Crippen molar-refractivity contribution in [3.8, 4) is 6.07 Å². The monoisotopic (exact) mass is 185 g/mol. The molecule has 0 aliphatic rings. The lowest BCUT2D eigenvalue weighted by atomic mass is 9.98. The second kappa shape index (κ2) is 6.00. The first kappa shape index (κ1) is 11.4. The van der Waals surface area contributed by atoms with Gasteiger partial charge in [-0.3, -0.25) is 9.59 Å². The molecule has 0 saturated heterocycles. The molecule has 5 heteroatoms. The third-order valence-electron chi connectivity index (χ3n) is 1.66. The second-order valence-corrected chi connectivity index (χ2v) is 2.66. The fraction of sp³-hybridized carbons (Fsp3) is 0.625. The van der Waals surface area contributed by atoms with Crippen LogP contribution in [0.1, 0.15) is 25.7 Å². The van der Waals surface area contributed by atoms with E-state index in [1.165, 1.54) is 0 Å². The fourth-order valence-electron chi connectivity index (χ4n) is 0.928. The van der Waals surface area contributed by atoms with E-state index in [-0.39, 0.29) is 25.7 Å². The van der Waals surface area contributed by atoms with E-state index in [1.807, 2.05) is 6.07 Å². The number of carboxylic acids is 2. The summed E-state index contributed by atoms with van der Waals surface area (Å²) in [6.45, 7) is 0. The summed E-state index contributed by atoms with van der Waals surface area (Å²) in [7, 11) is 0. The van der Waals surface area contributed by atoms with E-state index >= 15 is 0 Å². The maximum atomic E-state index is 10.5. The molecule has 72 valence electrons. The fourth-order valence-corrected chi connectivity index (χ4v) is 0.928. The number of nitrogens with zero attached hydrogens (tertiary/aromatic N) is 1. The van der Waals surface area contributed by atoms with Gasteiger partial charge < -0.3 is 10.2 Å². The molecule has 0 aromatic carbocycles. The Bertz CT molecular complexity index is 231. The van der Waals surface area contributed by atoms with E-state index < -0.39 is 17.9 Å². The third-order valence-corrected chi connectivity index (χ3v) is 1.66. The summed E-state index contributed by atoms with van der Waals surface area (Å²) in [6, 6.07) is 1.83. The van der Waals surface area contributed by atoms with Gasteiger partial charge in [-0.2, -0.15) is 5.26 Å². The van der Waals surface area contributed by atoms with Crippen molar-refractivity contribution in [1.82, 2.24) is 0 Å². The molecule has 1 atom stereocenters. The molecule has 0 rings (SSSR count). The minimum atomic E-state index is -1.03. The molecule has 0 aliphatic heterocycles. The first-order valence-corrected chi connectivity index (χ1v) is 3.89. The minimum absolute atomic E-state index is 0.0896. The van der Waals surface area contributed by atoms with Crippen molar-refractivity contribution in [3.63, 3.8) is 0 Å². The van der Waals surface area contributed by atoms with Crippen LogP contribution in [-0.2, 0) is 9.59 Å². The zero-order valence-corrected chi connectivity index (χ0v) is 7.06. The second-order valence-electron chi connectivity index (χ2n) is 2.66. The zero-order chi connectivity index (χ0) is 10.3. The molecule has 0 bridgehead atoms. The lowest BCUT2D eigenvalue weighted by molar-refractivity contribution is -0.143. The molecule has 0 aromatic rings. The van der Waals surface area contributed by atoms with Gasteiger partial charge in [-0.05, 0) is 12.8 Å². The van der Waals surface area contributed by atoms with Crippen LogP contribution in [0.15, 0.2) is 0 Å². The zero-order valence-electron chi connectivity index (χ0n) is 7.06. The average molecular weight is 185 g/mol. The number of rotatable bonds is 6. The highest BCUT2D eigenvalue weighted by molar-refractivity contribution is 5.72. The molecule has 13 heavy (non-hydrogen) atoms. The van der Waals surface area contributed by atoms with Crippen molar-refractivity contribution < 1.29 is 19.8 Å². The molecule has 1 unspecified atom stereocenters. The number of carboxylic acid groups (broad SMARTS) is 2. The Kier molecular flexibility index (Phi) is 5.28. The Morgan fingerprint density at radius 2 is 1.92 bits per heavy atom. The number of hydrogen-bond acceptors (Lipinski definition) is 3. The van der Waals surface area contributed by atoms with Crippen LogP contribution >= 0.6 is 0 Å². The quantitative estimate of drug-likeness (QED) is 0.639. The van der Waals surface area contributed by atoms with Crippen LogP contribution in [0, 0.1) is 17.2 Å². The first-order valence-electron chi connectivity index (χ1n) is 3.89. The SMILES string of the molecule is N#CCCC(CCC(=O)O)C(=O)O. The summed E-state index contributed by atoms with van der Waals surface area (Å²) in [5.74, 6) is -2.75. The summed E-state index contributed by atoms with van der Waals surface area (Å²) in [4.78, 5) is 20.7. The van der Waals surface area contributed by atoms with E-state index in [4.69, 9.17) is 15.5 Å². The smallest absolute Gasteiger partial charge is 0.306 e. The summed E-state index contributed by atoms with van der Waals surface area (Å²) >= 11 is 0. The third kappa shape index (κ3) is 5.67. The van der Waals surface area contributed by atoms with Crippen molar-refractivity contribution in [2.45, 2.75) is 25.7 Å². The van der Waals surface area contributed by atoms with Crippen LogP contribution < -0.4 is 0 Å². The molecule has 5 nitrogen and oxygen atoms in total. The van der Waals surface area contributed by atoms with Gasteiger partial charge in [0.15, 0.2) is 0 Å². The molecule has 0 saturated carbocycles. The van der Waals surface area contributed by atoms with Crippen LogP contribution in [0.2, 0.25) is 0 Å². The first-order chi connectivity index (χ1) is 6.07. The summed E-state index contributed by atoms with van der Waals surface area (Å²) in [5.41, 5.74) is 0. The molecular formula is C8H11NO4. The number of aliphatic carboxylic acids is 2. The average Bonchev–Trinajstić information content (AvgIpc) is 2.03. The predicted octanol–water partition coefficient (Wildman–Crippen LogP) is 0.856. The number of carbonyl (C=O) groups is 2. The molecule has 2 N–H and O–H groups in total. The van der Waals surface area contributed by atoms with Crippen molar-refractivity contribution >= 4 is 11.9 Å². The van der Waals surface area contributed by atoms with Crippen molar-refractivity contribution in [2.24, 2.45) is 5.92 Å². The van der Waals surface area contributed by atoms with Gasteiger partial charge in [-0.25, -0.2) is 0 Å². The van der Waals surface area contributed by atoms with Gasteiger partial charge in [0.2, 0.25) is 0 Å². The Labute approximate surface area is 75.6 Å². The summed E-state index contributed by atoms with van der Waals surface area (Å²) in [5, 5.41) is 25.1. The Morgan fingerprint density at radius 3 is 2.31 bits per heavy atom. The van der Waals surface area contributed by atoms with E-state index in [9.17, 15) is 9.59 Å². The minimum Gasteiger partial charge on any atom is -0.481 e. The highest BCUT2D eigenvalue weighted by Gasteiger charge is 2.17. The molecule has 0 spiro atoms.